The molecule has 0 amide bonds. The summed E-state index contributed by atoms with van der Waals surface area (Å²) in [5, 5.41) is 0. The highest BCUT2D eigenvalue weighted by Crippen LogP contribution is 2.26. The maximum absolute atomic E-state index is 6.38. The van der Waals surface area contributed by atoms with Crippen molar-refractivity contribution >= 4 is 11.8 Å². The van der Waals surface area contributed by atoms with E-state index in [9.17, 15) is 0 Å². The highest BCUT2D eigenvalue weighted by molar-refractivity contribution is 7.99. The van der Waals surface area contributed by atoms with Crippen molar-refractivity contribution in [2.45, 2.75) is 31.2 Å². The van der Waals surface area contributed by atoms with Crippen molar-refractivity contribution in [2.75, 3.05) is 31.1 Å². The van der Waals surface area contributed by atoms with Gasteiger partial charge in [-0.25, -0.2) is 0 Å². The van der Waals surface area contributed by atoms with E-state index in [1.54, 1.807) is 0 Å². The van der Waals surface area contributed by atoms with Gasteiger partial charge >= 0.3 is 0 Å². The molecule has 13 heavy (non-hydrogen) atoms. The predicted octanol–water partition coefficient (Wildman–Crippen LogP) is 1.31. The van der Waals surface area contributed by atoms with Crippen LogP contribution in [0.5, 0.6) is 0 Å². The first-order chi connectivity index (χ1) is 6.29. The number of hydrogen-bond donors (Lipinski definition) is 1. The molecule has 0 radical (unpaired) electrons. The fraction of sp³-hybridized carbons (Fsp3) is 1.00. The van der Waals surface area contributed by atoms with E-state index in [-0.39, 0.29) is 5.54 Å². The third kappa shape index (κ3) is 2.61. The van der Waals surface area contributed by atoms with Gasteiger partial charge in [-0.1, -0.05) is 0 Å². The molecule has 0 aromatic rings. The smallest absolute Gasteiger partial charge is 0.0375 e. The van der Waals surface area contributed by atoms with E-state index >= 15 is 0 Å². The van der Waals surface area contributed by atoms with E-state index in [2.05, 4.69) is 4.90 Å². The zero-order valence-electron chi connectivity index (χ0n) is 8.30. The molecular weight excluding hydrogens is 180 g/mol. The van der Waals surface area contributed by atoms with Crippen LogP contribution in [0.3, 0.4) is 0 Å². The molecule has 2 nitrogen and oxygen atoms in total. The molecule has 3 heteroatoms. The lowest BCUT2D eigenvalue weighted by molar-refractivity contribution is 0.249. The molecule has 2 aliphatic rings. The SMILES string of the molecule is NC1(CN2CCCC2)CCCSC1. The molecule has 0 spiro atoms. The lowest BCUT2D eigenvalue weighted by Gasteiger charge is -2.36. The molecule has 2 heterocycles. The molecule has 2 aliphatic heterocycles. The molecule has 2 rings (SSSR count). The minimum absolute atomic E-state index is 0.132. The summed E-state index contributed by atoms with van der Waals surface area (Å²) in [6, 6.07) is 0. The van der Waals surface area contributed by atoms with Crippen molar-refractivity contribution in [3.63, 3.8) is 0 Å². The van der Waals surface area contributed by atoms with Crippen molar-refractivity contribution in [3.05, 3.63) is 0 Å². The van der Waals surface area contributed by atoms with Crippen molar-refractivity contribution in [3.8, 4) is 0 Å². The number of nitrogens with zero attached hydrogens (tertiary/aromatic N) is 1. The highest BCUT2D eigenvalue weighted by Gasteiger charge is 2.30. The fourth-order valence-electron chi connectivity index (χ4n) is 2.38. The molecule has 0 aromatic heterocycles. The van der Waals surface area contributed by atoms with E-state index in [4.69, 9.17) is 5.73 Å². The molecule has 2 saturated heterocycles. The highest BCUT2D eigenvalue weighted by atomic mass is 32.2. The molecule has 0 aliphatic carbocycles. The summed E-state index contributed by atoms with van der Waals surface area (Å²) in [5.74, 6) is 2.49. The van der Waals surface area contributed by atoms with Crippen LogP contribution < -0.4 is 5.73 Å². The van der Waals surface area contributed by atoms with Crippen molar-refractivity contribution in [1.29, 1.82) is 0 Å². The second kappa shape index (κ2) is 4.20. The Morgan fingerprint density at radius 1 is 1.23 bits per heavy atom. The molecule has 2 fully saturated rings. The van der Waals surface area contributed by atoms with Crippen LogP contribution in [0.1, 0.15) is 25.7 Å². The fourth-order valence-corrected chi connectivity index (χ4v) is 3.52. The Morgan fingerprint density at radius 2 is 2.00 bits per heavy atom. The van der Waals surface area contributed by atoms with E-state index < -0.39 is 0 Å². The predicted molar refractivity (Wildman–Crippen MR) is 59.2 cm³/mol. The standard InChI is InChI=1S/C10H20N2S/c11-10(4-3-7-13-9-10)8-12-5-1-2-6-12/h1-9,11H2. The van der Waals surface area contributed by atoms with Crippen LogP contribution in [0.4, 0.5) is 0 Å². The van der Waals surface area contributed by atoms with E-state index in [1.807, 2.05) is 11.8 Å². The van der Waals surface area contributed by atoms with Gasteiger partial charge < -0.3 is 10.6 Å². The van der Waals surface area contributed by atoms with Crippen molar-refractivity contribution < 1.29 is 0 Å². The number of hydrogen-bond acceptors (Lipinski definition) is 3. The second-order valence-electron chi connectivity index (χ2n) is 4.50. The third-order valence-electron chi connectivity index (χ3n) is 3.09. The zero-order valence-corrected chi connectivity index (χ0v) is 9.11. The van der Waals surface area contributed by atoms with Gasteiger partial charge in [-0.05, 0) is 44.5 Å². The average molecular weight is 200 g/mol. The van der Waals surface area contributed by atoms with Crippen LogP contribution in [0, 0.1) is 0 Å². The van der Waals surface area contributed by atoms with Crippen LogP contribution in [0.2, 0.25) is 0 Å². The molecule has 2 N–H and O–H groups in total. The third-order valence-corrected chi connectivity index (χ3v) is 4.45. The minimum Gasteiger partial charge on any atom is -0.323 e. The molecule has 0 saturated carbocycles. The maximum atomic E-state index is 6.38. The topological polar surface area (TPSA) is 29.3 Å². The van der Waals surface area contributed by atoms with Crippen LogP contribution in [0.15, 0.2) is 0 Å². The minimum atomic E-state index is 0.132. The van der Waals surface area contributed by atoms with Gasteiger partial charge in [0.05, 0.1) is 0 Å². The van der Waals surface area contributed by atoms with Crippen molar-refractivity contribution in [1.82, 2.24) is 4.90 Å². The summed E-state index contributed by atoms with van der Waals surface area (Å²) in [4.78, 5) is 2.55. The first-order valence-electron chi connectivity index (χ1n) is 5.38. The van der Waals surface area contributed by atoms with Gasteiger partial charge in [-0.15, -0.1) is 0 Å². The zero-order chi connectivity index (χ0) is 9.15. The van der Waals surface area contributed by atoms with Crippen LogP contribution >= 0.6 is 11.8 Å². The lowest BCUT2D eigenvalue weighted by Crippen LogP contribution is -2.53. The number of nitrogens with two attached hydrogens (primary N) is 1. The van der Waals surface area contributed by atoms with Crippen LogP contribution in [-0.4, -0.2) is 41.6 Å². The first kappa shape index (κ1) is 9.81. The van der Waals surface area contributed by atoms with E-state index in [0.717, 1.165) is 6.54 Å². The summed E-state index contributed by atoms with van der Waals surface area (Å²) in [7, 11) is 0. The molecule has 0 aromatic carbocycles. The number of thioether (sulfide) groups is 1. The number of likely N-dealkylation sites (tertiary alicyclic amines) is 1. The summed E-state index contributed by atoms with van der Waals surface area (Å²) in [6.07, 6.45) is 5.30. The summed E-state index contributed by atoms with van der Waals surface area (Å²) >= 11 is 2.03. The largest absolute Gasteiger partial charge is 0.323 e. The molecule has 1 atom stereocenters. The normalized spacial score (nSPS) is 36.7. The Kier molecular flexibility index (Phi) is 3.17. The van der Waals surface area contributed by atoms with Gasteiger partial charge in [0.15, 0.2) is 0 Å². The van der Waals surface area contributed by atoms with Crippen LogP contribution in [0.25, 0.3) is 0 Å². The Balaban J connectivity index is 1.83. The van der Waals surface area contributed by atoms with Gasteiger partial charge in [-0.3, -0.25) is 0 Å². The lowest BCUT2D eigenvalue weighted by atomic mass is 9.96. The monoisotopic (exact) mass is 200 g/mol. The van der Waals surface area contributed by atoms with E-state index in [0.29, 0.717) is 0 Å². The second-order valence-corrected chi connectivity index (χ2v) is 5.61. The van der Waals surface area contributed by atoms with Gasteiger partial charge in [-0.2, -0.15) is 11.8 Å². The van der Waals surface area contributed by atoms with Gasteiger partial charge in [0.2, 0.25) is 0 Å². The first-order valence-corrected chi connectivity index (χ1v) is 6.53. The summed E-state index contributed by atoms with van der Waals surface area (Å²) < 4.78 is 0. The quantitative estimate of drug-likeness (QED) is 0.729. The average Bonchev–Trinajstić information content (AvgIpc) is 2.57. The van der Waals surface area contributed by atoms with Crippen LogP contribution in [-0.2, 0) is 0 Å². The van der Waals surface area contributed by atoms with Gasteiger partial charge in [0.25, 0.3) is 0 Å². The molecule has 0 bridgehead atoms. The molecular formula is C10H20N2S. The van der Waals surface area contributed by atoms with E-state index in [1.165, 1.54) is 50.3 Å². The van der Waals surface area contributed by atoms with Gasteiger partial charge in [0, 0.05) is 17.8 Å². The Hall–Kier alpha value is 0.270. The number of rotatable bonds is 2. The summed E-state index contributed by atoms with van der Waals surface area (Å²) in [6.45, 7) is 3.70. The van der Waals surface area contributed by atoms with Gasteiger partial charge in [0.1, 0.15) is 0 Å². The maximum Gasteiger partial charge on any atom is 0.0375 e. The Labute approximate surface area is 85.2 Å². The summed E-state index contributed by atoms with van der Waals surface area (Å²) in [5.41, 5.74) is 6.51. The Bertz CT molecular complexity index is 160. The Morgan fingerprint density at radius 3 is 2.62 bits per heavy atom. The molecule has 76 valence electrons. The molecule has 1 unspecified atom stereocenters. The van der Waals surface area contributed by atoms with Crippen molar-refractivity contribution in [2.24, 2.45) is 5.73 Å².